The number of nitrogens with zero attached hydrogens (tertiary/aromatic N) is 1. The highest BCUT2D eigenvalue weighted by molar-refractivity contribution is 6.31. The molecule has 1 aliphatic rings. The van der Waals surface area contributed by atoms with Crippen molar-refractivity contribution in [1.29, 1.82) is 0 Å². The minimum atomic E-state index is 0.0103. The van der Waals surface area contributed by atoms with Gasteiger partial charge in [0.1, 0.15) is 5.75 Å². The number of nitrogens with two attached hydrogens (primary N) is 1. The zero-order valence-electron chi connectivity index (χ0n) is 10.1. The van der Waals surface area contributed by atoms with Gasteiger partial charge in [-0.15, -0.1) is 0 Å². The molecule has 1 aromatic rings. The molecule has 0 radical (unpaired) electrons. The van der Waals surface area contributed by atoms with Gasteiger partial charge in [0.25, 0.3) is 0 Å². The van der Waals surface area contributed by atoms with Crippen LogP contribution >= 0.6 is 11.6 Å². The second kappa shape index (κ2) is 5.96. The Balaban J connectivity index is 2.01. The summed E-state index contributed by atoms with van der Waals surface area (Å²) in [5.41, 5.74) is 6.12. The molecule has 1 fully saturated rings. The lowest BCUT2D eigenvalue weighted by atomic mass is 9.83. The monoisotopic (exact) mass is 268 g/mol. The van der Waals surface area contributed by atoms with Crippen LogP contribution in [0.25, 0.3) is 0 Å². The van der Waals surface area contributed by atoms with Gasteiger partial charge in [0.15, 0.2) is 5.84 Å². The van der Waals surface area contributed by atoms with Crippen LogP contribution in [0.5, 0.6) is 5.75 Å². The molecular formula is C13H17ClN2O2. The van der Waals surface area contributed by atoms with E-state index in [0.29, 0.717) is 22.9 Å². The van der Waals surface area contributed by atoms with Crippen LogP contribution < -0.4 is 10.5 Å². The highest BCUT2D eigenvalue weighted by Gasteiger charge is 2.17. The molecule has 1 saturated carbocycles. The maximum Gasteiger partial charge on any atom is 0.173 e. The Morgan fingerprint density at radius 1 is 1.50 bits per heavy atom. The molecule has 1 aliphatic carbocycles. The molecule has 18 heavy (non-hydrogen) atoms. The minimum absolute atomic E-state index is 0.0103. The predicted octanol–water partition coefficient (Wildman–Crippen LogP) is 3.00. The van der Waals surface area contributed by atoms with Crippen LogP contribution in [-0.4, -0.2) is 17.6 Å². The third kappa shape index (κ3) is 3.07. The summed E-state index contributed by atoms with van der Waals surface area (Å²) < 4.78 is 5.69. The smallest absolute Gasteiger partial charge is 0.173 e. The Labute approximate surface area is 111 Å². The highest BCUT2D eigenvalue weighted by atomic mass is 35.5. The van der Waals surface area contributed by atoms with Crippen molar-refractivity contribution in [3.63, 3.8) is 0 Å². The lowest BCUT2D eigenvalue weighted by Crippen LogP contribution is -2.17. The number of benzene rings is 1. The molecule has 0 atom stereocenters. The molecule has 4 nitrogen and oxygen atoms in total. The Kier molecular flexibility index (Phi) is 4.31. The van der Waals surface area contributed by atoms with E-state index in [2.05, 4.69) is 5.16 Å². The summed E-state index contributed by atoms with van der Waals surface area (Å²) in [4.78, 5) is 0. The van der Waals surface area contributed by atoms with Crippen LogP contribution in [0.15, 0.2) is 23.4 Å². The fourth-order valence-electron chi connectivity index (χ4n) is 2.00. The van der Waals surface area contributed by atoms with Crippen molar-refractivity contribution in [2.24, 2.45) is 16.8 Å². The van der Waals surface area contributed by atoms with Gasteiger partial charge in [0, 0.05) is 5.02 Å². The number of ether oxygens (including phenoxy) is 1. The molecule has 98 valence electrons. The summed E-state index contributed by atoms with van der Waals surface area (Å²) in [7, 11) is 0. The van der Waals surface area contributed by atoms with Crippen molar-refractivity contribution in [3.05, 3.63) is 28.8 Å². The van der Waals surface area contributed by atoms with Crippen LogP contribution in [0.3, 0.4) is 0 Å². The summed E-state index contributed by atoms with van der Waals surface area (Å²) in [5, 5.41) is 12.2. The van der Waals surface area contributed by atoms with Crippen LogP contribution in [0.2, 0.25) is 5.02 Å². The van der Waals surface area contributed by atoms with Gasteiger partial charge in [-0.2, -0.15) is 0 Å². The van der Waals surface area contributed by atoms with Crippen molar-refractivity contribution in [1.82, 2.24) is 0 Å². The lowest BCUT2D eigenvalue weighted by Gasteiger charge is -2.25. The second-order valence-corrected chi connectivity index (χ2v) is 5.00. The summed E-state index contributed by atoms with van der Waals surface area (Å²) in [5.74, 6) is 1.41. The van der Waals surface area contributed by atoms with Gasteiger partial charge >= 0.3 is 0 Å². The first-order valence-corrected chi connectivity index (χ1v) is 6.48. The zero-order valence-corrected chi connectivity index (χ0v) is 10.9. The van der Waals surface area contributed by atoms with E-state index in [4.69, 9.17) is 27.3 Å². The number of amidine groups is 1. The summed E-state index contributed by atoms with van der Waals surface area (Å²) in [6.07, 6.45) is 4.99. The van der Waals surface area contributed by atoms with Crippen molar-refractivity contribution < 1.29 is 9.94 Å². The van der Waals surface area contributed by atoms with Crippen LogP contribution in [0.4, 0.5) is 0 Å². The predicted molar refractivity (Wildman–Crippen MR) is 71.4 cm³/mol. The first kappa shape index (κ1) is 13.0. The van der Waals surface area contributed by atoms with E-state index in [1.807, 2.05) is 0 Å². The van der Waals surface area contributed by atoms with Gasteiger partial charge in [-0.1, -0.05) is 36.0 Å². The Morgan fingerprint density at radius 2 is 2.28 bits per heavy atom. The highest BCUT2D eigenvalue weighted by Crippen LogP contribution is 2.30. The molecule has 2 rings (SSSR count). The van der Waals surface area contributed by atoms with Crippen molar-refractivity contribution >= 4 is 17.4 Å². The molecule has 0 saturated heterocycles. The molecule has 0 unspecified atom stereocenters. The van der Waals surface area contributed by atoms with Crippen molar-refractivity contribution in [2.75, 3.05) is 6.61 Å². The van der Waals surface area contributed by atoms with Gasteiger partial charge in [0.2, 0.25) is 0 Å². The lowest BCUT2D eigenvalue weighted by molar-refractivity contribution is 0.221. The largest absolute Gasteiger partial charge is 0.493 e. The number of hydrogen-bond acceptors (Lipinski definition) is 3. The molecule has 0 aliphatic heterocycles. The van der Waals surface area contributed by atoms with Gasteiger partial charge in [-0.25, -0.2) is 0 Å². The number of oxime groups is 1. The molecule has 0 amide bonds. The molecule has 1 aromatic carbocycles. The topological polar surface area (TPSA) is 67.8 Å². The fraction of sp³-hybridized carbons (Fsp3) is 0.462. The van der Waals surface area contributed by atoms with E-state index in [0.717, 1.165) is 12.3 Å². The first-order valence-electron chi connectivity index (χ1n) is 6.11. The average Bonchev–Trinajstić information content (AvgIpc) is 2.32. The molecule has 5 heteroatoms. The number of rotatable bonds is 5. The van der Waals surface area contributed by atoms with Crippen LogP contribution in [0.1, 0.15) is 31.2 Å². The summed E-state index contributed by atoms with van der Waals surface area (Å²) in [6, 6.07) is 5.11. The zero-order chi connectivity index (χ0) is 13.0. The molecule has 0 spiro atoms. The molecule has 0 bridgehead atoms. The van der Waals surface area contributed by atoms with Gasteiger partial charge in [0.05, 0.1) is 12.2 Å². The molecule has 0 aromatic heterocycles. The second-order valence-electron chi connectivity index (χ2n) is 4.56. The maximum atomic E-state index is 8.73. The van der Waals surface area contributed by atoms with E-state index in [1.165, 1.54) is 19.3 Å². The number of halogens is 1. The van der Waals surface area contributed by atoms with Gasteiger partial charge in [-0.05, 0) is 30.5 Å². The van der Waals surface area contributed by atoms with Crippen molar-refractivity contribution in [3.8, 4) is 5.75 Å². The normalized spacial score (nSPS) is 16.4. The van der Waals surface area contributed by atoms with Gasteiger partial charge in [-0.3, -0.25) is 0 Å². The molecular weight excluding hydrogens is 252 g/mol. The standard InChI is InChI=1S/C13H17ClN2O2/c14-10-4-5-12(11(8-10)13(15)16-17)18-7-6-9-2-1-3-9/h4-5,8-9,17H,1-3,6-7H2,(H2,15,16). The molecule has 3 N–H and O–H groups in total. The number of hydrogen-bond donors (Lipinski definition) is 2. The van der Waals surface area contributed by atoms with E-state index in [9.17, 15) is 0 Å². The van der Waals surface area contributed by atoms with Crippen molar-refractivity contribution in [2.45, 2.75) is 25.7 Å². The van der Waals surface area contributed by atoms with Crippen LogP contribution in [0, 0.1) is 5.92 Å². The SMILES string of the molecule is N/C(=N/O)c1cc(Cl)ccc1OCCC1CCC1. The Morgan fingerprint density at radius 3 is 2.89 bits per heavy atom. The third-order valence-corrected chi connectivity index (χ3v) is 3.57. The summed E-state index contributed by atoms with van der Waals surface area (Å²) >= 11 is 5.89. The van der Waals surface area contributed by atoms with E-state index < -0.39 is 0 Å². The van der Waals surface area contributed by atoms with Gasteiger partial charge < -0.3 is 15.7 Å². The van der Waals surface area contributed by atoms with E-state index in [-0.39, 0.29) is 5.84 Å². The minimum Gasteiger partial charge on any atom is -0.493 e. The third-order valence-electron chi connectivity index (χ3n) is 3.33. The summed E-state index contributed by atoms with van der Waals surface area (Å²) in [6.45, 7) is 0.651. The average molecular weight is 269 g/mol. The quantitative estimate of drug-likeness (QED) is 0.373. The van der Waals surface area contributed by atoms with Crippen LogP contribution in [-0.2, 0) is 0 Å². The maximum absolute atomic E-state index is 8.73. The first-order chi connectivity index (χ1) is 8.70. The Bertz CT molecular complexity index is 445. The van der Waals surface area contributed by atoms with E-state index >= 15 is 0 Å². The Hall–Kier alpha value is -1.42. The molecule has 0 heterocycles. The fourth-order valence-corrected chi connectivity index (χ4v) is 2.17. The van der Waals surface area contributed by atoms with E-state index in [1.54, 1.807) is 18.2 Å².